The maximum absolute atomic E-state index is 15.5. The summed E-state index contributed by atoms with van der Waals surface area (Å²) in [5.41, 5.74) is 5.63. The largest absolute Gasteiger partial charge is 0.444 e. The summed E-state index contributed by atoms with van der Waals surface area (Å²) >= 11 is 1.56. The Hall–Kier alpha value is -3.51. The Morgan fingerprint density at radius 3 is 2.50 bits per heavy atom. The number of alkyl halides is 1. The standard InChI is InChI=1S/C29H32FN5O2S/c1-29(2,3)37-28(36)34-11-9-33(10-12-34)25-14-22-18-35-17-21(20-7-5-19(16-31)6-8-20)13-26(35)27(38-4)32-24(22)15-23(25)30/h5-8,13-14,18,23H,9-12,15,17H2,1-4H3. The number of hydrogen-bond donors (Lipinski definition) is 0. The summed E-state index contributed by atoms with van der Waals surface area (Å²) in [6, 6.07) is 9.78. The third-order valence-corrected chi connectivity index (χ3v) is 7.60. The Morgan fingerprint density at radius 1 is 1.16 bits per heavy atom. The van der Waals surface area contributed by atoms with Crippen LogP contribution in [-0.2, 0) is 4.74 Å². The van der Waals surface area contributed by atoms with Crippen molar-refractivity contribution in [2.24, 2.45) is 4.99 Å². The smallest absolute Gasteiger partial charge is 0.410 e. The van der Waals surface area contributed by atoms with Gasteiger partial charge in [-0.3, -0.25) is 0 Å². The second-order valence-electron chi connectivity index (χ2n) is 10.7. The average Bonchev–Trinajstić information content (AvgIpc) is 3.25. The summed E-state index contributed by atoms with van der Waals surface area (Å²) in [5, 5.41) is 9.98. The van der Waals surface area contributed by atoms with Crippen LogP contribution in [0.25, 0.3) is 5.57 Å². The molecule has 5 rings (SSSR count). The number of thioether (sulfide) groups is 1. The molecule has 1 fully saturated rings. The zero-order valence-electron chi connectivity index (χ0n) is 22.2. The maximum atomic E-state index is 15.5. The van der Waals surface area contributed by atoms with E-state index in [1.807, 2.05) is 62.3 Å². The van der Waals surface area contributed by atoms with Crippen LogP contribution in [0.2, 0.25) is 0 Å². The summed E-state index contributed by atoms with van der Waals surface area (Å²) in [6.07, 6.45) is 6.88. The molecule has 0 radical (unpaired) electrons. The topological polar surface area (TPSA) is 72.2 Å². The summed E-state index contributed by atoms with van der Waals surface area (Å²) in [4.78, 5) is 23.3. The van der Waals surface area contributed by atoms with Gasteiger partial charge in [-0.15, -0.1) is 11.8 Å². The molecule has 0 aromatic heterocycles. The Bertz CT molecular complexity index is 1320. The van der Waals surface area contributed by atoms with Crippen LogP contribution in [0, 0.1) is 11.3 Å². The number of fused-ring (bicyclic) bond motifs is 2. The highest BCUT2D eigenvalue weighted by Crippen LogP contribution is 2.38. The first-order valence-electron chi connectivity index (χ1n) is 12.8. The molecular weight excluding hydrogens is 501 g/mol. The van der Waals surface area contributed by atoms with Gasteiger partial charge in [0, 0.05) is 56.6 Å². The molecule has 1 aromatic carbocycles. The zero-order chi connectivity index (χ0) is 27.0. The van der Waals surface area contributed by atoms with Crippen LogP contribution in [0.5, 0.6) is 0 Å². The van der Waals surface area contributed by atoms with Crippen LogP contribution in [0.15, 0.2) is 69.6 Å². The molecule has 1 atom stereocenters. The van der Waals surface area contributed by atoms with Crippen molar-refractivity contribution in [3.05, 3.63) is 75.7 Å². The van der Waals surface area contributed by atoms with Crippen molar-refractivity contribution >= 4 is 29.1 Å². The maximum Gasteiger partial charge on any atom is 0.410 e. The van der Waals surface area contributed by atoms with E-state index in [0.29, 0.717) is 44.0 Å². The lowest BCUT2D eigenvalue weighted by Gasteiger charge is -2.39. The average molecular weight is 534 g/mol. The molecule has 1 aromatic rings. The molecule has 0 saturated carbocycles. The van der Waals surface area contributed by atoms with E-state index in [2.05, 4.69) is 23.2 Å². The zero-order valence-corrected chi connectivity index (χ0v) is 23.0. The minimum atomic E-state index is -1.15. The number of ether oxygens (including phenoxy) is 1. The molecule has 0 bridgehead atoms. The van der Waals surface area contributed by atoms with E-state index in [9.17, 15) is 4.79 Å². The van der Waals surface area contributed by atoms with Gasteiger partial charge in [-0.2, -0.15) is 5.26 Å². The van der Waals surface area contributed by atoms with Crippen molar-refractivity contribution in [1.29, 1.82) is 5.26 Å². The quantitative estimate of drug-likeness (QED) is 0.525. The minimum Gasteiger partial charge on any atom is -0.444 e. The number of benzene rings is 1. The van der Waals surface area contributed by atoms with Crippen LogP contribution in [0.3, 0.4) is 0 Å². The fraction of sp³-hybridized carbons (Fsp3) is 0.414. The number of nitriles is 1. The van der Waals surface area contributed by atoms with Crippen molar-refractivity contribution < 1.29 is 13.9 Å². The molecule has 198 valence electrons. The van der Waals surface area contributed by atoms with Crippen LogP contribution < -0.4 is 0 Å². The first-order valence-corrected chi connectivity index (χ1v) is 14.0. The highest BCUT2D eigenvalue weighted by molar-refractivity contribution is 8.02. The van der Waals surface area contributed by atoms with Gasteiger partial charge in [-0.25, -0.2) is 14.2 Å². The third kappa shape index (κ3) is 5.37. The predicted molar refractivity (Wildman–Crippen MR) is 149 cm³/mol. The second kappa shape index (κ2) is 10.3. The molecule has 3 heterocycles. The first kappa shape index (κ1) is 26.1. The van der Waals surface area contributed by atoms with E-state index in [1.165, 1.54) is 0 Å². The monoisotopic (exact) mass is 533 g/mol. The normalized spacial score (nSPS) is 21.5. The molecule has 7 nitrogen and oxygen atoms in total. The number of rotatable bonds is 3. The molecule has 3 aliphatic heterocycles. The van der Waals surface area contributed by atoms with Gasteiger partial charge in [0.1, 0.15) is 16.8 Å². The number of amides is 1. The van der Waals surface area contributed by atoms with Gasteiger partial charge in [-0.05, 0) is 62.4 Å². The number of allylic oxidation sites excluding steroid dienone is 4. The SMILES string of the molecule is CSC1=C2C=C(c3ccc(C#N)cc3)CN2C=C2C=C(N3CCN(C(=O)OC(C)(C)C)CC3)C(F)CC2=N1. The van der Waals surface area contributed by atoms with Crippen molar-refractivity contribution in [2.75, 3.05) is 39.0 Å². The highest BCUT2D eigenvalue weighted by atomic mass is 32.2. The summed E-state index contributed by atoms with van der Waals surface area (Å²) < 4.78 is 21.0. The fourth-order valence-corrected chi connectivity index (χ4v) is 5.59. The van der Waals surface area contributed by atoms with Crippen LogP contribution in [0.1, 0.15) is 38.3 Å². The Labute approximate surface area is 227 Å². The van der Waals surface area contributed by atoms with Gasteiger partial charge < -0.3 is 19.4 Å². The van der Waals surface area contributed by atoms with E-state index in [-0.39, 0.29) is 12.5 Å². The summed E-state index contributed by atoms with van der Waals surface area (Å²) in [5.74, 6) is 0. The molecule has 9 heteroatoms. The van der Waals surface area contributed by atoms with Crippen molar-refractivity contribution in [2.45, 2.75) is 39.0 Å². The Morgan fingerprint density at radius 2 is 1.87 bits per heavy atom. The highest BCUT2D eigenvalue weighted by Gasteiger charge is 2.34. The number of carbonyl (C=O) groups is 1. The van der Waals surface area contributed by atoms with Gasteiger partial charge >= 0.3 is 6.09 Å². The number of halogens is 1. The molecular formula is C29H32FN5O2S. The molecule has 38 heavy (non-hydrogen) atoms. The van der Waals surface area contributed by atoms with E-state index in [4.69, 9.17) is 15.0 Å². The Balaban J connectivity index is 1.36. The molecule has 1 aliphatic carbocycles. The number of hydrogen-bond acceptors (Lipinski definition) is 7. The van der Waals surface area contributed by atoms with Crippen molar-refractivity contribution in [3.8, 4) is 6.07 Å². The van der Waals surface area contributed by atoms with Gasteiger partial charge in [0.25, 0.3) is 0 Å². The minimum absolute atomic E-state index is 0.224. The predicted octanol–water partition coefficient (Wildman–Crippen LogP) is 5.31. The van der Waals surface area contributed by atoms with E-state index < -0.39 is 11.8 Å². The van der Waals surface area contributed by atoms with E-state index in [1.54, 1.807) is 16.7 Å². The van der Waals surface area contributed by atoms with Crippen LogP contribution >= 0.6 is 11.8 Å². The van der Waals surface area contributed by atoms with Gasteiger partial charge in [0.15, 0.2) is 0 Å². The lowest BCUT2D eigenvalue weighted by molar-refractivity contribution is 0.0160. The number of nitrogens with zero attached hydrogens (tertiary/aromatic N) is 5. The van der Waals surface area contributed by atoms with Crippen LogP contribution in [-0.4, -0.2) is 77.3 Å². The van der Waals surface area contributed by atoms with Crippen molar-refractivity contribution in [3.63, 3.8) is 0 Å². The summed E-state index contributed by atoms with van der Waals surface area (Å²) in [6.45, 7) is 8.33. The Kier molecular flexibility index (Phi) is 7.10. The van der Waals surface area contributed by atoms with E-state index >= 15 is 4.39 Å². The van der Waals surface area contributed by atoms with Gasteiger partial charge in [0.2, 0.25) is 0 Å². The number of carbonyl (C=O) groups excluding carboxylic acids is 1. The van der Waals surface area contributed by atoms with Crippen LogP contribution in [0.4, 0.5) is 9.18 Å². The number of piperazine rings is 1. The fourth-order valence-electron chi connectivity index (χ4n) is 5.00. The number of aliphatic imine (C=N–C) groups is 1. The lowest BCUT2D eigenvalue weighted by Crippen LogP contribution is -2.50. The molecule has 0 spiro atoms. The summed E-state index contributed by atoms with van der Waals surface area (Å²) in [7, 11) is 0. The second-order valence-corrected chi connectivity index (χ2v) is 11.5. The third-order valence-electron chi connectivity index (χ3n) is 6.92. The van der Waals surface area contributed by atoms with Gasteiger partial charge in [-0.1, -0.05) is 12.1 Å². The lowest BCUT2D eigenvalue weighted by atomic mass is 9.94. The molecule has 1 unspecified atom stereocenters. The molecule has 0 N–H and O–H groups in total. The first-order chi connectivity index (χ1) is 18.1. The van der Waals surface area contributed by atoms with Gasteiger partial charge in [0.05, 0.1) is 23.0 Å². The molecule has 1 amide bonds. The molecule has 4 aliphatic rings. The van der Waals surface area contributed by atoms with Crippen molar-refractivity contribution in [1.82, 2.24) is 14.7 Å². The van der Waals surface area contributed by atoms with E-state index in [0.717, 1.165) is 33.1 Å². The molecule has 1 saturated heterocycles.